The van der Waals surface area contributed by atoms with E-state index in [0.717, 1.165) is 31.6 Å². The summed E-state index contributed by atoms with van der Waals surface area (Å²) < 4.78 is 0. The molecule has 0 bridgehead atoms. The largest absolute Gasteiger partial charge is 0.379 e. The first-order chi connectivity index (χ1) is 14.0. The van der Waals surface area contributed by atoms with E-state index in [0.29, 0.717) is 17.3 Å². The van der Waals surface area contributed by atoms with Crippen LogP contribution in [-0.2, 0) is 4.79 Å². The number of amides is 1. The van der Waals surface area contributed by atoms with E-state index >= 15 is 0 Å². The molecular formula is C19H25N9O. The lowest BCUT2D eigenvalue weighted by Gasteiger charge is -2.26. The number of nitrogens with zero attached hydrogens (tertiary/aromatic N) is 5. The van der Waals surface area contributed by atoms with Crippen molar-refractivity contribution in [3.63, 3.8) is 0 Å². The lowest BCUT2D eigenvalue weighted by Crippen LogP contribution is -2.38. The minimum absolute atomic E-state index is 0.111. The third kappa shape index (κ3) is 6.10. The van der Waals surface area contributed by atoms with Gasteiger partial charge >= 0.3 is 0 Å². The van der Waals surface area contributed by atoms with Crippen LogP contribution in [0.5, 0.6) is 0 Å². The summed E-state index contributed by atoms with van der Waals surface area (Å²) in [6, 6.07) is 4.03. The average molecular weight is 395 g/mol. The summed E-state index contributed by atoms with van der Waals surface area (Å²) in [6.07, 6.45) is 6.63. The first-order valence-corrected chi connectivity index (χ1v) is 9.44. The molecule has 10 nitrogen and oxygen atoms in total. The Morgan fingerprint density at radius 2 is 2.07 bits per heavy atom. The molecule has 2 aromatic heterocycles. The Morgan fingerprint density at radius 1 is 1.24 bits per heavy atom. The Balaban J connectivity index is 1.79. The number of nitriles is 1. The van der Waals surface area contributed by atoms with Gasteiger partial charge in [0.2, 0.25) is 5.91 Å². The van der Waals surface area contributed by atoms with E-state index < -0.39 is 0 Å². The van der Waals surface area contributed by atoms with E-state index in [1.54, 1.807) is 11.1 Å². The van der Waals surface area contributed by atoms with E-state index in [1.165, 1.54) is 12.4 Å². The quantitative estimate of drug-likeness (QED) is 0.545. The normalized spacial score (nSPS) is 16.1. The molecule has 4 N–H and O–H groups in total. The molecule has 1 atom stereocenters. The molecule has 0 spiro atoms. The monoisotopic (exact) mass is 395 g/mol. The molecule has 1 amide bonds. The van der Waals surface area contributed by atoms with Crippen molar-refractivity contribution in [3.05, 3.63) is 30.4 Å². The fraction of sp³-hybridized carbons (Fsp3) is 0.421. The number of piperidine rings is 1. The van der Waals surface area contributed by atoms with Crippen LogP contribution in [0.1, 0.15) is 18.5 Å². The molecule has 0 saturated carbocycles. The van der Waals surface area contributed by atoms with Gasteiger partial charge in [-0.15, -0.1) is 0 Å². The van der Waals surface area contributed by atoms with E-state index in [1.807, 2.05) is 26.2 Å². The Bertz CT molecular complexity index is 870. The van der Waals surface area contributed by atoms with Crippen LogP contribution in [0.3, 0.4) is 0 Å². The number of rotatable bonds is 7. The molecule has 10 heteroatoms. The van der Waals surface area contributed by atoms with Gasteiger partial charge in [0.05, 0.1) is 36.5 Å². The fourth-order valence-corrected chi connectivity index (χ4v) is 3.00. The number of anilines is 4. The average Bonchev–Trinajstić information content (AvgIpc) is 2.71. The molecular weight excluding hydrogens is 370 g/mol. The molecule has 1 fully saturated rings. The highest BCUT2D eigenvalue weighted by molar-refractivity contribution is 5.95. The molecule has 1 unspecified atom stereocenters. The summed E-state index contributed by atoms with van der Waals surface area (Å²) in [5.41, 5.74) is 1.65. The number of aromatic nitrogens is 3. The highest BCUT2D eigenvalue weighted by Crippen LogP contribution is 2.26. The van der Waals surface area contributed by atoms with Crippen molar-refractivity contribution in [2.45, 2.75) is 18.9 Å². The van der Waals surface area contributed by atoms with Crippen molar-refractivity contribution in [2.24, 2.45) is 0 Å². The van der Waals surface area contributed by atoms with Gasteiger partial charge in [-0.2, -0.15) is 5.26 Å². The lowest BCUT2D eigenvalue weighted by atomic mass is 10.1. The number of likely N-dealkylation sites (N-methyl/N-ethyl adjacent to an activating group) is 1. The molecule has 1 aliphatic heterocycles. The fourth-order valence-electron chi connectivity index (χ4n) is 3.00. The zero-order valence-corrected chi connectivity index (χ0v) is 16.6. The highest BCUT2D eigenvalue weighted by Gasteiger charge is 2.16. The van der Waals surface area contributed by atoms with Crippen molar-refractivity contribution in [2.75, 3.05) is 49.7 Å². The first-order valence-electron chi connectivity index (χ1n) is 9.44. The summed E-state index contributed by atoms with van der Waals surface area (Å²) in [5, 5.41) is 21.7. The number of nitrogens with one attached hydrogen (secondary N) is 4. The summed E-state index contributed by atoms with van der Waals surface area (Å²) >= 11 is 0. The van der Waals surface area contributed by atoms with E-state index in [4.69, 9.17) is 5.26 Å². The van der Waals surface area contributed by atoms with Crippen LogP contribution in [0.15, 0.2) is 24.7 Å². The smallest absolute Gasteiger partial charge is 0.238 e. The third-order valence-electron chi connectivity index (χ3n) is 4.32. The van der Waals surface area contributed by atoms with Gasteiger partial charge in [0.1, 0.15) is 17.7 Å². The predicted octanol–water partition coefficient (Wildman–Crippen LogP) is 1.15. The van der Waals surface area contributed by atoms with Crippen LogP contribution in [0.4, 0.5) is 23.0 Å². The molecule has 3 rings (SSSR count). The van der Waals surface area contributed by atoms with Gasteiger partial charge in [-0.1, -0.05) is 0 Å². The van der Waals surface area contributed by atoms with Crippen LogP contribution in [-0.4, -0.2) is 65.5 Å². The number of carbonyl (C=O) groups excluding carboxylic acids is 1. The SMILES string of the molecule is CN(C)CC(=O)Nc1cnc(Nc2cnc(C#N)cn2)cc1NC1CCCNC1. The van der Waals surface area contributed by atoms with Gasteiger partial charge in [0.15, 0.2) is 5.69 Å². The van der Waals surface area contributed by atoms with E-state index in [2.05, 4.69) is 36.2 Å². The second-order valence-electron chi connectivity index (χ2n) is 7.11. The Labute approximate surface area is 169 Å². The van der Waals surface area contributed by atoms with Crippen LogP contribution in [0, 0.1) is 11.3 Å². The number of hydrogen-bond acceptors (Lipinski definition) is 9. The Hall–Kier alpha value is -3.29. The molecule has 152 valence electrons. The first kappa shape index (κ1) is 20.4. The lowest BCUT2D eigenvalue weighted by molar-refractivity contribution is -0.116. The van der Waals surface area contributed by atoms with Gasteiger partial charge in [-0.25, -0.2) is 15.0 Å². The summed E-state index contributed by atoms with van der Waals surface area (Å²) in [4.78, 5) is 26.5. The standard InChI is InChI=1S/C19H25N9O/c1-28(2)12-19(29)26-16-10-24-17(27-18-11-22-14(7-20)9-23-18)6-15(16)25-13-4-3-5-21-8-13/h6,9-11,13,21H,3-5,8,12H2,1-2H3,(H,26,29)(H2,23,24,25,27). The Morgan fingerprint density at radius 3 is 2.72 bits per heavy atom. The number of hydrogen-bond donors (Lipinski definition) is 4. The molecule has 0 aliphatic carbocycles. The second kappa shape index (κ2) is 9.77. The maximum atomic E-state index is 12.2. The summed E-state index contributed by atoms with van der Waals surface area (Å²) in [5.74, 6) is 0.923. The van der Waals surface area contributed by atoms with Gasteiger partial charge in [0, 0.05) is 18.7 Å². The van der Waals surface area contributed by atoms with Crippen LogP contribution in [0.25, 0.3) is 0 Å². The number of pyridine rings is 1. The molecule has 1 saturated heterocycles. The summed E-state index contributed by atoms with van der Waals surface area (Å²) in [6.45, 7) is 2.16. The molecule has 2 aromatic rings. The van der Waals surface area contributed by atoms with E-state index in [9.17, 15) is 4.79 Å². The van der Waals surface area contributed by atoms with Crippen molar-refractivity contribution in [1.82, 2.24) is 25.2 Å². The van der Waals surface area contributed by atoms with Gasteiger partial charge < -0.3 is 26.2 Å². The maximum Gasteiger partial charge on any atom is 0.238 e. The van der Waals surface area contributed by atoms with Crippen LogP contribution >= 0.6 is 0 Å². The highest BCUT2D eigenvalue weighted by atomic mass is 16.2. The second-order valence-corrected chi connectivity index (χ2v) is 7.11. The van der Waals surface area contributed by atoms with Crippen molar-refractivity contribution < 1.29 is 4.79 Å². The van der Waals surface area contributed by atoms with Crippen molar-refractivity contribution in [3.8, 4) is 6.07 Å². The molecule has 29 heavy (non-hydrogen) atoms. The minimum atomic E-state index is -0.111. The zero-order valence-electron chi connectivity index (χ0n) is 16.6. The molecule has 0 aromatic carbocycles. The van der Waals surface area contributed by atoms with Crippen molar-refractivity contribution >= 4 is 28.9 Å². The minimum Gasteiger partial charge on any atom is -0.379 e. The van der Waals surface area contributed by atoms with Gasteiger partial charge in [-0.05, 0) is 33.5 Å². The van der Waals surface area contributed by atoms with Crippen LogP contribution in [0.2, 0.25) is 0 Å². The van der Waals surface area contributed by atoms with Crippen LogP contribution < -0.4 is 21.3 Å². The van der Waals surface area contributed by atoms with Gasteiger partial charge in [-0.3, -0.25) is 4.79 Å². The molecule has 0 radical (unpaired) electrons. The Kier molecular flexibility index (Phi) is 6.89. The molecule has 3 heterocycles. The third-order valence-corrected chi connectivity index (χ3v) is 4.32. The number of carbonyl (C=O) groups is 1. The maximum absolute atomic E-state index is 12.2. The molecule has 1 aliphatic rings. The predicted molar refractivity (Wildman–Crippen MR) is 111 cm³/mol. The zero-order chi connectivity index (χ0) is 20.6. The summed E-state index contributed by atoms with van der Waals surface area (Å²) in [7, 11) is 3.69. The van der Waals surface area contributed by atoms with Gasteiger partial charge in [0.25, 0.3) is 0 Å². The van der Waals surface area contributed by atoms with E-state index in [-0.39, 0.29) is 24.2 Å². The topological polar surface area (TPSA) is 131 Å². The van der Waals surface area contributed by atoms with Crippen molar-refractivity contribution in [1.29, 1.82) is 5.26 Å².